The first kappa shape index (κ1) is 20.2. The fourth-order valence-electron chi connectivity index (χ4n) is 3.06. The van der Waals surface area contributed by atoms with Crippen LogP contribution in [0.5, 0.6) is 11.6 Å². The second kappa shape index (κ2) is 8.22. The normalized spacial score (nSPS) is 17.4. The minimum Gasteiger partial charge on any atom is -0.437 e. The van der Waals surface area contributed by atoms with E-state index in [4.69, 9.17) is 16.3 Å². The number of hydrogen-bond donors (Lipinski definition) is 1. The minimum absolute atomic E-state index is 0.0370. The molecule has 0 saturated carbocycles. The molecule has 2 aromatic rings. The molecule has 3 rings (SSSR count). The third-order valence-corrected chi connectivity index (χ3v) is 4.69. The molecular formula is C20H26ClN5O2. The van der Waals surface area contributed by atoms with E-state index in [0.717, 1.165) is 5.82 Å². The van der Waals surface area contributed by atoms with Crippen molar-refractivity contribution >= 4 is 23.4 Å². The topological polar surface area (TPSA) is 70.6 Å². The van der Waals surface area contributed by atoms with Gasteiger partial charge in [-0.1, -0.05) is 23.7 Å². The number of hydrogen-bond acceptors (Lipinski definition) is 5. The Morgan fingerprint density at radius 1 is 1.25 bits per heavy atom. The Labute approximate surface area is 170 Å². The van der Waals surface area contributed by atoms with Crippen LogP contribution in [-0.4, -0.2) is 52.1 Å². The lowest BCUT2D eigenvalue weighted by Gasteiger charge is -2.41. The summed E-state index contributed by atoms with van der Waals surface area (Å²) in [6, 6.07) is 9.07. The van der Waals surface area contributed by atoms with Crippen LogP contribution < -0.4 is 15.0 Å². The number of aromatic nitrogens is 2. The standard InChI is InChI=1S/C20H26ClN5O2/c1-14-12-25(9-10-26(14)19(27)24-20(2,3)4)17-11-18(23-13-22-17)28-16-8-6-5-7-15(16)21/h5-8,11,13-14H,9-10,12H2,1-4H3,(H,24,27). The van der Waals surface area contributed by atoms with Crippen LogP contribution in [0.2, 0.25) is 5.02 Å². The zero-order chi connectivity index (χ0) is 20.3. The predicted molar refractivity (Wildman–Crippen MR) is 110 cm³/mol. The zero-order valence-electron chi connectivity index (χ0n) is 16.6. The maximum atomic E-state index is 12.5. The molecule has 1 fully saturated rings. The number of carbonyl (C=O) groups excluding carboxylic acids is 1. The van der Waals surface area contributed by atoms with Gasteiger partial charge in [0.15, 0.2) is 0 Å². The number of nitrogens with zero attached hydrogens (tertiary/aromatic N) is 4. The molecule has 7 nitrogen and oxygen atoms in total. The quantitative estimate of drug-likeness (QED) is 0.840. The van der Waals surface area contributed by atoms with Crippen LogP contribution >= 0.6 is 11.6 Å². The summed E-state index contributed by atoms with van der Waals surface area (Å²) in [5.41, 5.74) is -0.258. The Hall–Kier alpha value is -2.54. The fourth-order valence-corrected chi connectivity index (χ4v) is 3.23. The monoisotopic (exact) mass is 403 g/mol. The van der Waals surface area contributed by atoms with E-state index in [1.165, 1.54) is 6.33 Å². The van der Waals surface area contributed by atoms with Crippen molar-refractivity contribution in [2.75, 3.05) is 24.5 Å². The summed E-state index contributed by atoms with van der Waals surface area (Å²) in [5, 5.41) is 3.55. The zero-order valence-corrected chi connectivity index (χ0v) is 17.4. The maximum Gasteiger partial charge on any atom is 0.318 e. The van der Waals surface area contributed by atoms with Crippen molar-refractivity contribution in [3.05, 3.63) is 41.7 Å². The largest absolute Gasteiger partial charge is 0.437 e. The number of piperazine rings is 1. The predicted octanol–water partition coefficient (Wildman–Crippen LogP) is 3.94. The van der Waals surface area contributed by atoms with Crippen LogP contribution in [0.25, 0.3) is 0 Å². The van der Waals surface area contributed by atoms with Crippen molar-refractivity contribution < 1.29 is 9.53 Å². The van der Waals surface area contributed by atoms with Crippen molar-refractivity contribution in [2.45, 2.75) is 39.3 Å². The van der Waals surface area contributed by atoms with Crippen LogP contribution in [0.15, 0.2) is 36.7 Å². The number of nitrogens with one attached hydrogen (secondary N) is 1. The SMILES string of the molecule is CC1CN(c2cc(Oc3ccccc3Cl)ncn2)CCN1C(=O)NC(C)(C)C. The van der Waals surface area contributed by atoms with Gasteiger partial charge in [0.1, 0.15) is 17.9 Å². The summed E-state index contributed by atoms with van der Waals surface area (Å²) in [6.07, 6.45) is 1.48. The highest BCUT2D eigenvalue weighted by atomic mass is 35.5. The van der Waals surface area contributed by atoms with Crippen LogP contribution in [-0.2, 0) is 0 Å². The van der Waals surface area contributed by atoms with Gasteiger partial charge in [-0.3, -0.25) is 0 Å². The Morgan fingerprint density at radius 2 is 2.00 bits per heavy atom. The van der Waals surface area contributed by atoms with Gasteiger partial charge in [-0.05, 0) is 39.8 Å². The number of amides is 2. The van der Waals surface area contributed by atoms with Crippen LogP contribution in [0.4, 0.5) is 10.6 Å². The summed E-state index contributed by atoms with van der Waals surface area (Å²) in [7, 11) is 0. The van der Waals surface area contributed by atoms with Crippen molar-refractivity contribution in [3.63, 3.8) is 0 Å². The highest BCUT2D eigenvalue weighted by molar-refractivity contribution is 6.32. The number of rotatable bonds is 3. The van der Waals surface area contributed by atoms with Crippen molar-refractivity contribution in [3.8, 4) is 11.6 Å². The molecule has 0 radical (unpaired) electrons. The highest BCUT2D eigenvalue weighted by Gasteiger charge is 2.30. The van der Waals surface area contributed by atoms with E-state index in [0.29, 0.717) is 36.3 Å². The third kappa shape index (κ3) is 5.04. The Bertz CT molecular complexity index is 839. The molecule has 0 aliphatic carbocycles. The molecule has 1 saturated heterocycles. The first-order chi connectivity index (χ1) is 13.2. The number of para-hydroxylation sites is 1. The summed E-state index contributed by atoms with van der Waals surface area (Å²) in [6.45, 7) is 9.96. The van der Waals surface area contributed by atoms with Crippen molar-refractivity contribution in [2.24, 2.45) is 0 Å². The van der Waals surface area contributed by atoms with Gasteiger partial charge >= 0.3 is 6.03 Å². The number of carbonyl (C=O) groups is 1. The second-order valence-electron chi connectivity index (χ2n) is 7.92. The van der Waals surface area contributed by atoms with Gasteiger partial charge in [0.25, 0.3) is 0 Å². The van der Waals surface area contributed by atoms with Gasteiger partial charge in [-0.2, -0.15) is 0 Å². The number of halogens is 1. The van der Waals surface area contributed by atoms with E-state index in [-0.39, 0.29) is 17.6 Å². The summed E-state index contributed by atoms with van der Waals surface area (Å²) >= 11 is 6.15. The minimum atomic E-state index is -0.258. The van der Waals surface area contributed by atoms with E-state index in [1.54, 1.807) is 18.2 Å². The van der Waals surface area contributed by atoms with E-state index in [1.807, 2.05) is 44.7 Å². The van der Waals surface area contributed by atoms with Gasteiger partial charge in [0.2, 0.25) is 5.88 Å². The van der Waals surface area contributed by atoms with Gasteiger partial charge < -0.3 is 19.9 Å². The smallest absolute Gasteiger partial charge is 0.318 e. The number of anilines is 1. The molecule has 1 aromatic carbocycles. The molecule has 1 N–H and O–H groups in total. The lowest BCUT2D eigenvalue weighted by Crippen LogP contribution is -2.59. The van der Waals surface area contributed by atoms with Gasteiger partial charge in [0.05, 0.1) is 5.02 Å². The van der Waals surface area contributed by atoms with Crippen LogP contribution in [0.3, 0.4) is 0 Å². The molecule has 0 spiro atoms. The summed E-state index contributed by atoms with van der Waals surface area (Å²) in [4.78, 5) is 25.0. The average Bonchev–Trinajstić information content (AvgIpc) is 2.62. The first-order valence-electron chi connectivity index (χ1n) is 9.31. The lowest BCUT2D eigenvalue weighted by molar-refractivity contribution is 0.163. The molecule has 1 aliphatic rings. The Balaban J connectivity index is 1.67. The number of urea groups is 1. The maximum absolute atomic E-state index is 12.5. The molecule has 2 amide bonds. The molecule has 1 aliphatic heterocycles. The van der Waals surface area contributed by atoms with E-state index >= 15 is 0 Å². The average molecular weight is 404 g/mol. The Kier molecular flexibility index (Phi) is 5.93. The highest BCUT2D eigenvalue weighted by Crippen LogP contribution is 2.29. The van der Waals surface area contributed by atoms with Crippen LogP contribution in [0, 0.1) is 0 Å². The van der Waals surface area contributed by atoms with Gasteiger partial charge in [-0.15, -0.1) is 0 Å². The third-order valence-electron chi connectivity index (χ3n) is 4.37. The van der Waals surface area contributed by atoms with E-state index in [2.05, 4.69) is 20.2 Å². The second-order valence-corrected chi connectivity index (χ2v) is 8.32. The van der Waals surface area contributed by atoms with E-state index < -0.39 is 0 Å². The number of benzene rings is 1. The molecule has 8 heteroatoms. The number of ether oxygens (including phenoxy) is 1. The molecule has 2 heterocycles. The fraction of sp³-hybridized carbons (Fsp3) is 0.450. The van der Waals surface area contributed by atoms with Gasteiger partial charge in [-0.25, -0.2) is 14.8 Å². The molecule has 150 valence electrons. The van der Waals surface area contributed by atoms with Crippen molar-refractivity contribution in [1.29, 1.82) is 0 Å². The lowest BCUT2D eigenvalue weighted by atomic mass is 10.1. The summed E-state index contributed by atoms with van der Waals surface area (Å²) < 4.78 is 5.80. The van der Waals surface area contributed by atoms with Gasteiger partial charge in [0, 0.05) is 37.3 Å². The molecule has 0 bridgehead atoms. The molecule has 1 unspecified atom stereocenters. The summed E-state index contributed by atoms with van der Waals surface area (Å²) in [5.74, 6) is 1.74. The Morgan fingerprint density at radius 3 is 2.68 bits per heavy atom. The first-order valence-corrected chi connectivity index (χ1v) is 9.69. The van der Waals surface area contributed by atoms with Crippen molar-refractivity contribution in [1.82, 2.24) is 20.2 Å². The molecule has 1 aromatic heterocycles. The molecule has 28 heavy (non-hydrogen) atoms. The molecule has 1 atom stereocenters. The molecular weight excluding hydrogens is 378 g/mol. The van der Waals surface area contributed by atoms with Crippen LogP contribution in [0.1, 0.15) is 27.7 Å². The van der Waals surface area contributed by atoms with E-state index in [9.17, 15) is 4.79 Å².